The molecule has 1 N–H and O–H groups in total. The number of carbonyl (C=O) groups excluding carboxylic acids is 1. The molecule has 28 heavy (non-hydrogen) atoms. The lowest BCUT2D eigenvalue weighted by Crippen LogP contribution is -2.47. The molecule has 5 nitrogen and oxygen atoms in total. The molecule has 0 radical (unpaired) electrons. The number of rotatable bonds is 3. The van der Waals surface area contributed by atoms with Crippen LogP contribution >= 0.6 is 0 Å². The van der Waals surface area contributed by atoms with Gasteiger partial charge in [-0.1, -0.05) is 17.7 Å². The molecule has 0 aliphatic carbocycles. The Morgan fingerprint density at radius 1 is 1.18 bits per heavy atom. The summed E-state index contributed by atoms with van der Waals surface area (Å²) in [4.78, 5) is 15.1. The first-order valence-corrected chi connectivity index (χ1v) is 9.60. The van der Waals surface area contributed by atoms with Gasteiger partial charge in [-0.05, 0) is 51.3 Å². The van der Waals surface area contributed by atoms with Gasteiger partial charge in [-0.3, -0.25) is 4.79 Å². The van der Waals surface area contributed by atoms with Gasteiger partial charge in [-0.2, -0.15) is 18.3 Å². The van der Waals surface area contributed by atoms with Gasteiger partial charge in [-0.25, -0.2) is 4.68 Å². The highest BCUT2D eigenvalue weighted by molar-refractivity contribution is 5.95. The van der Waals surface area contributed by atoms with Crippen LogP contribution in [-0.2, 0) is 6.18 Å². The van der Waals surface area contributed by atoms with Crippen LogP contribution in [0.15, 0.2) is 30.5 Å². The number of carbonyl (C=O) groups is 1. The fraction of sp³-hybridized carbons (Fsp3) is 0.500. The molecule has 4 rings (SSSR count). The smallest absolute Gasteiger partial charge is 0.349 e. The summed E-state index contributed by atoms with van der Waals surface area (Å²) in [7, 11) is 0. The molecule has 2 aromatic rings. The number of aryl methyl sites for hydroxylation is 1. The number of alkyl halides is 3. The summed E-state index contributed by atoms with van der Waals surface area (Å²) in [6, 6.07) is 6.88. The van der Waals surface area contributed by atoms with E-state index in [9.17, 15) is 18.0 Å². The monoisotopic (exact) mass is 392 g/mol. The first kappa shape index (κ1) is 19.0. The number of halogens is 3. The highest BCUT2D eigenvalue weighted by Gasteiger charge is 2.41. The van der Waals surface area contributed by atoms with Crippen molar-refractivity contribution in [3.05, 3.63) is 47.3 Å². The van der Waals surface area contributed by atoms with Crippen molar-refractivity contribution in [2.75, 3.05) is 13.1 Å². The molecular formula is C20H23F3N4O. The number of piperidine rings is 1. The van der Waals surface area contributed by atoms with Crippen molar-refractivity contribution < 1.29 is 18.0 Å². The summed E-state index contributed by atoms with van der Waals surface area (Å²) < 4.78 is 42.1. The molecule has 1 aromatic carbocycles. The van der Waals surface area contributed by atoms with E-state index in [1.165, 1.54) is 0 Å². The zero-order valence-corrected chi connectivity index (χ0v) is 15.7. The number of amides is 1. The molecule has 2 saturated heterocycles. The Morgan fingerprint density at radius 3 is 2.64 bits per heavy atom. The van der Waals surface area contributed by atoms with Crippen LogP contribution in [0.25, 0.3) is 5.69 Å². The molecule has 1 amide bonds. The standard InChI is InChI=1S/C20H23F3N4O/c1-13-4-6-15(7-5-13)27-18(20(21,22)23)17(12-24-27)19(28)25-14-8-10-26-9-2-3-16(26)11-14/h4-7,12,14,16H,2-3,8-11H2,1H3,(H,25,28). The Labute approximate surface area is 161 Å². The lowest BCUT2D eigenvalue weighted by Gasteiger charge is -2.35. The number of benzene rings is 1. The fourth-order valence-corrected chi connectivity index (χ4v) is 4.29. The van der Waals surface area contributed by atoms with Gasteiger partial charge in [0, 0.05) is 18.6 Å². The lowest BCUT2D eigenvalue weighted by atomic mass is 9.97. The molecule has 150 valence electrons. The third kappa shape index (κ3) is 3.65. The van der Waals surface area contributed by atoms with E-state index in [4.69, 9.17) is 0 Å². The van der Waals surface area contributed by atoms with E-state index in [1.807, 2.05) is 6.92 Å². The predicted molar refractivity (Wildman–Crippen MR) is 98.4 cm³/mol. The molecule has 1 aromatic heterocycles. The molecule has 0 bridgehead atoms. The van der Waals surface area contributed by atoms with Crippen molar-refractivity contribution in [1.29, 1.82) is 0 Å². The highest BCUT2D eigenvalue weighted by Crippen LogP contribution is 2.34. The zero-order chi connectivity index (χ0) is 19.9. The van der Waals surface area contributed by atoms with Crippen LogP contribution in [0.3, 0.4) is 0 Å². The van der Waals surface area contributed by atoms with E-state index in [0.29, 0.717) is 6.04 Å². The Balaban J connectivity index is 1.58. The number of nitrogens with zero attached hydrogens (tertiary/aromatic N) is 3. The van der Waals surface area contributed by atoms with Crippen molar-refractivity contribution in [2.24, 2.45) is 0 Å². The summed E-state index contributed by atoms with van der Waals surface area (Å²) in [5.74, 6) is -0.706. The van der Waals surface area contributed by atoms with Crippen molar-refractivity contribution in [2.45, 2.75) is 50.9 Å². The van der Waals surface area contributed by atoms with Crippen LogP contribution < -0.4 is 5.32 Å². The van der Waals surface area contributed by atoms with Crippen LogP contribution in [0.4, 0.5) is 13.2 Å². The maximum atomic E-state index is 13.8. The van der Waals surface area contributed by atoms with E-state index < -0.39 is 23.3 Å². The Morgan fingerprint density at radius 2 is 1.93 bits per heavy atom. The van der Waals surface area contributed by atoms with Crippen molar-refractivity contribution in [3.8, 4) is 5.69 Å². The van der Waals surface area contributed by atoms with Gasteiger partial charge in [0.2, 0.25) is 0 Å². The third-order valence-corrected chi connectivity index (χ3v) is 5.72. The van der Waals surface area contributed by atoms with Crippen LogP contribution in [-0.4, -0.2) is 45.8 Å². The predicted octanol–water partition coefficient (Wildman–Crippen LogP) is 3.56. The average Bonchev–Trinajstić information content (AvgIpc) is 3.28. The van der Waals surface area contributed by atoms with E-state index in [-0.39, 0.29) is 11.7 Å². The molecule has 2 atom stereocenters. The maximum Gasteiger partial charge on any atom is 0.434 e. The topological polar surface area (TPSA) is 50.2 Å². The quantitative estimate of drug-likeness (QED) is 0.869. The largest absolute Gasteiger partial charge is 0.434 e. The second kappa shape index (κ2) is 7.24. The summed E-state index contributed by atoms with van der Waals surface area (Å²) in [6.45, 7) is 3.81. The van der Waals surface area contributed by atoms with Gasteiger partial charge in [0.1, 0.15) is 0 Å². The number of aromatic nitrogens is 2. The Kier molecular flexibility index (Phi) is 4.91. The first-order valence-electron chi connectivity index (χ1n) is 9.60. The first-order chi connectivity index (χ1) is 13.3. The molecule has 2 unspecified atom stereocenters. The summed E-state index contributed by atoms with van der Waals surface area (Å²) in [6.07, 6.45) is 0.110. The van der Waals surface area contributed by atoms with Crippen LogP contribution in [0, 0.1) is 6.92 Å². The number of hydrogen-bond donors (Lipinski definition) is 1. The number of hydrogen-bond acceptors (Lipinski definition) is 3. The summed E-state index contributed by atoms with van der Waals surface area (Å²) >= 11 is 0. The van der Waals surface area contributed by atoms with Crippen molar-refractivity contribution in [3.63, 3.8) is 0 Å². The van der Waals surface area contributed by atoms with Gasteiger partial charge < -0.3 is 10.2 Å². The van der Waals surface area contributed by atoms with Crippen molar-refractivity contribution >= 4 is 5.91 Å². The molecule has 2 fully saturated rings. The second-order valence-corrected chi connectivity index (χ2v) is 7.68. The fourth-order valence-electron chi connectivity index (χ4n) is 4.29. The number of nitrogens with one attached hydrogen (secondary N) is 1. The van der Waals surface area contributed by atoms with E-state index in [0.717, 1.165) is 55.2 Å². The third-order valence-electron chi connectivity index (χ3n) is 5.72. The van der Waals surface area contributed by atoms with Crippen molar-refractivity contribution in [1.82, 2.24) is 20.0 Å². The molecule has 2 aliphatic rings. The molecule has 8 heteroatoms. The molecule has 2 aliphatic heterocycles. The SMILES string of the molecule is Cc1ccc(-n2ncc(C(=O)NC3CCN4CCCC4C3)c2C(F)(F)F)cc1. The van der Waals surface area contributed by atoms with Gasteiger partial charge in [0.05, 0.1) is 17.4 Å². The normalized spacial score (nSPS) is 22.9. The Bertz CT molecular complexity index is 859. The van der Waals surface area contributed by atoms with Crippen LogP contribution in [0.2, 0.25) is 0 Å². The molecule has 0 spiro atoms. The average molecular weight is 392 g/mol. The highest BCUT2D eigenvalue weighted by atomic mass is 19.4. The van der Waals surface area contributed by atoms with Gasteiger partial charge in [0.15, 0.2) is 5.69 Å². The Hall–Kier alpha value is -2.35. The van der Waals surface area contributed by atoms with Crippen LogP contribution in [0.1, 0.15) is 47.3 Å². The zero-order valence-electron chi connectivity index (χ0n) is 15.7. The van der Waals surface area contributed by atoms with Gasteiger partial charge in [0.25, 0.3) is 5.91 Å². The van der Waals surface area contributed by atoms with Gasteiger partial charge in [-0.15, -0.1) is 0 Å². The van der Waals surface area contributed by atoms with E-state index in [2.05, 4.69) is 15.3 Å². The van der Waals surface area contributed by atoms with E-state index >= 15 is 0 Å². The summed E-state index contributed by atoms with van der Waals surface area (Å²) in [5, 5.41) is 6.69. The molecule has 3 heterocycles. The number of fused-ring (bicyclic) bond motifs is 1. The maximum absolute atomic E-state index is 13.8. The molecular weight excluding hydrogens is 369 g/mol. The second-order valence-electron chi connectivity index (χ2n) is 7.68. The minimum Gasteiger partial charge on any atom is -0.349 e. The minimum absolute atomic E-state index is 0.101. The summed E-state index contributed by atoms with van der Waals surface area (Å²) in [5.41, 5.74) is -0.258. The van der Waals surface area contributed by atoms with E-state index in [1.54, 1.807) is 24.3 Å². The lowest BCUT2D eigenvalue weighted by molar-refractivity contribution is -0.143. The van der Waals surface area contributed by atoms with Crippen LogP contribution in [0.5, 0.6) is 0 Å². The molecule has 0 saturated carbocycles. The van der Waals surface area contributed by atoms with Gasteiger partial charge >= 0.3 is 6.18 Å². The minimum atomic E-state index is -4.69.